The van der Waals surface area contributed by atoms with Crippen molar-refractivity contribution in [2.24, 2.45) is 5.73 Å². The number of benzene rings is 2. The Morgan fingerprint density at radius 2 is 1.54 bits per heavy atom. The summed E-state index contributed by atoms with van der Waals surface area (Å²) in [5.41, 5.74) is 7.83. The third-order valence-electron chi connectivity index (χ3n) is 6.22. The molecule has 0 saturated heterocycles. The first-order valence-electron chi connectivity index (χ1n) is 12.2. The lowest BCUT2D eigenvalue weighted by atomic mass is 9.87. The molecule has 7 nitrogen and oxygen atoms in total. The van der Waals surface area contributed by atoms with Crippen LogP contribution in [-0.2, 0) is 36.1 Å². The molecule has 1 aromatic heterocycles. The molecule has 0 aliphatic rings. The van der Waals surface area contributed by atoms with E-state index in [1.807, 2.05) is 31.2 Å². The summed E-state index contributed by atoms with van der Waals surface area (Å²) in [6, 6.07) is 16.1. The lowest BCUT2D eigenvalue weighted by Gasteiger charge is -2.22. The smallest absolute Gasteiger partial charge is 0.346 e. The van der Waals surface area contributed by atoms with Crippen LogP contribution in [0.25, 0.3) is 0 Å². The molecule has 0 spiro atoms. The van der Waals surface area contributed by atoms with Gasteiger partial charge < -0.3 is 10.5 Å². The quantitative estimate of drug-likeness (QED) is 0.472. The molecule has 7 heteroatoms. The van der Waals surface area contributed by atoms with Gasteiger partial charge in [0, 0.05) is 13.0 Å². The Morgan fingerprint density at radius 1 is 0.943 bits per heavy atom. The first kappa shape index (κ1) is 26.3. The Kier molecular flexibility index (Phi) is 7.88. The summed E-state index contributed by atoms with van der Waals surface area (Å²) in [5, 5.41) is 4.65. The number of hydrogen-bond donors (Lipinski definition) is 1. The van der Waals surface area contributed by atoms with Crippen LogP contribution >= 0.6 is 0 Å². The van der Waals surface area contributed by atoms with Crippen molar-refractivity contribution in [2.75, 3.05) is 0 Å². The van der Waals surface area contributed by atoms with Crippen LogP contribution in [0.15, 0.2) is 53.3 Å². The second-order valence-electron chi connectivity index (χ2n) is 10.5. The van der Waals surface area contributed by atoms with Crippen LogP contribution < -0.4 is 16.2 Å². The molecular formula is C28H38N4O3. The van der Waals surface area contributed by atoms with Crippen molar-refractivity contribution in [1.29, 1.82) is 0 Å². The number of amides is 1. The monoisotopic (exact) mass is 478 g/mol. The van der Waals surface area contributed by atoms with E-state index in [9.17, 15) is 9.59 Å². The summed E-state index contributed by atoms with van der Waals surface area (Å²) in [6.45, 7) is 12.9. The molecule has 0 aliphatic heterocycles. The van der Waals surface area contributed by atoms with Gasteiger partial charge in [0.25, 0.3) is 5.91 Å². The van der Waals surface area contributed by atoms with Crippen molar-refractivity contribution >= 4 is 5.91 Å². The van der Waals surface area contributed by atoms with Gasteiger partial charge in [-0.25, -0.2) is 9.48 Å². The van der Waals surface area contributed by atoms with Gasteiger partial charge in [0.2, 0.25) is 0 Å². The number of rotatable bonds is 10. The summed E-state index contributed by atoms with van der Waals surface area (Å²) in [7, 11) is 0. The predicted octanol–water partition coefficient (Wildman–Crippen LogP) is 4.23. The van der Waals surface area contributed by atoms with Crippen molar-refractivity contribution in [3.63, 3.8) is 0 Å². The molecular weight excluding hydrogens is 440 g/mol. The van der Waals surface area contributed by atoms with Gasteiger partial charge in [-0.05, 0) is 67.9 Å². The number of aryl methyl sites for hydroxylation is 2. The van der Waals surface area contributed by atoms with Crippen LogP contribution in [0, 0.1) is 0 Å². The highest BCUT2D eigenvalue weighted by molar-refractivity contribution is 5.82. The van der Waals surface area contributed by atoms with E-state index in [1.54, 1.807) is 23.1 Å². The Hall–Kier alpha value is -3.35. The van der Waals surface area contributed by atoms with Crippen LogP contribution in [0.5, 0.6) is 5.75 Å². The first-order valence-corrected chi connectivity index (χ1v) is 12.2. The van der Waals surface area contributed by atoms with Gasteiger partial charge in [-0.1, -0.05) is 57.2 Å². The molecule has 0 aliphatic carbocycles. The van der Waals surface area contributed by atoms with Gasteiger partial charge in [0.05, 0.1) is 6.54 Å². The van der Waals surface area contributed by atoms with Gasteiger partial charge in [0.1, 0.15) is 11.6 Å². The molecule has 188 valence electrons. The van der Waals surface area contributed by atoms with Crippen LogP contribution in [0.2, 0.25) is 0 Å². The summed E-state index contributed by atoms with van der Waals surface area (Å²) >= 11 is 0. The number of primary amides is 1. The largest absolute Gasteiger partial charge is 0.478 e. The number of carbonyl (C=O) groups is 1. The first-order chi connectivity index (χ1) is 16.4. The Morgan fingerprint density at radius 3 is 2.09 bits per heavy atom. The maximum absolute atomic E-state index is 12.9. The van der Waals surface area contributed by atoms with Crippen LogP contribution in [0.1, 0.15) is 70.5 Å². The van der Waals surface area contributed by atoms with Crippen LogP contribution in [-0.4, -0.2) is 25.9 Å². The average molecular weight is 479 g/mol. The third-order valence-corrected chi connectivity index (χ3v) is 6.22. The molecule has 3 rings (SSSR count). The van der Waals surface area contributed by atoms with E-state index < -0.39 is 11.5 Å². The standard InChI is InChI=1S/C28H38N4O3/c1-7-31-24(10-8-9-20-13-17-23(18-14-20)35-28(5,6)25(29)33)30-32(26(31)34)19-21-11-15-22(16-12-21)27(2,3)4/h11-18H,7-10,19H2,1-6H3,(H2,29,33). The van der Waals surface area contributed by atoms with E-state index in [1.165, 1.54) is 5.56 Å². The Labute approximate surface area is 207 Å². The lowest BCUT2D eigenvalue weighted by Crippen LogP contribution is -2.43. The highest BCUT2D eigenvalue weighted by Gasteiger charge is 2.27. The molecule has 1 amide bonds. The van der Waals surface area contributed by atoms with E-state index in [4.69, 9.17) is 10.5 Å². The summed E-state index contributed by atoms with van der Waals surface area (Å²) in [4.78, 5) is 24.4. The number of ether oxygens (including phenoxy) is 1. The fourth-order valence-electron chi connectivity index (χ4n) is 3.89. The fourth-order valence-corrected chi connectivity index (χ4v) is 3.89. The topological polar surface area (TPSA) is 92.1 Å². The molecule has 3 aromatic rings. The van der Waals surface area contributed by atoms with Gasteiger partial charge in [0.15, 0.2) is 5.60 Å². The van der Waals surface area contributed by atoms with Gasteiger partial charge in [-0.2, -0.15) is 5.10 Å². The molecule has 0 atom stereocenters. The predicted molar refractivity (Wildman–Crippen MR) is 139 cm³/mol. The van der Waals surface area contributed by atoms with Crippen molar-refractivity contribution in [3.05, 3.63) is 81.5 Å². The maximum atomic E-state index is 12.9. The highest BCUT2D eigenvalue weighted by Crippen LogP contribution is 2.22. The zero-order valence-electron chi connectivity index (χ0n) is 21.8. The van der Waals surface area contributed by atoms with Crippen molar-refractivity contribution in [3.8, 4) is 5.75 Å². The fraction of sp³-hybridized carbons (Fsp3) is 0.464. The van der Waals surface area contributed by atoms with Crippen molar-refractivity contribution in [1.82, 2.24) is 14.3 Å². The van der Waals surface area contributed by atoms with E-state index in [2.05, 4.69) is 50.1 Å². The second kappa shape index (κ2) is 10.5. The minimum absolute atomic E-state index is 0.0686. The minimum Gasteiger partial charge on any atom is -0.478 e. The van der Waals surface area contributed by atoms with E-state index in [0.29, 0.717) is 25.3 Å². The van der Waals surface area contributed by atoms with Crippen molar-refractivity contribution < 1.29 is 9.53 Å². The summed E-state index contributed by atoms with van der Waals surface area (Å²) < 4.78 is 9.01. The Balaban J connectivity index is 1.62. The Bertz CT molecular complexity index is 1200. The average Bonchev–Trinajstić information content (AvgIpc) is 3.08. The maximum Gasteiger partial charge on any atom is 0.346 e. The number of hydrogen-bond acceptors (Lipinski definition) is 4. The zero-order valence-corrected chi connectivity index (χ0v) is 21.8. The SMILES string of the molecule is CCn1c(CCCc2ccc(OC(C)(C)C(N)=O)cc2)nn(Cc2ccc(C(C)(C)C)cc2)c1=O. The normalized spacial score (nSPS) is 12.1. The minimum atomic E-state index is -1.06. The zero-order chi connectivity index (χ0) is 25.8. The molecule has 0 unspecified atom stereocenters. The molecule has 1 heterocycles. The third kappa shape index (κ3) is 6.62. The van der Waals surface area contributed by atoms with Gasteiger partial charge in [-0.15, -0.1) is 0 Å². The molecule has 0 bridgehead atoms. The summed E-state index contributed by atoms with van der Waals surface area (Å²) in [6.07, 6.45) is 2.42. The summed E-state index contributed by atoms with van der Waals surface area (Å²) in [5.74, 6) is 0.906. The molecule has 0 saturated carbocycles. The van der Waals surface area contributed by atoms with E-state index in [0.717, 1.165) is 29.8 Å². The number of aromatic nitrogens is 3. The number of nitrogens with two attached hydrogens (primary N) is 1. The highest BCUT2D eigenvalue weighted by atomic mass is 16.5. The number of nitrogens with zero attached hydrogens (tertiary/aromatic N) is 3. The number of carbonyl (C=O) groups excluding carboxylic acids is 1. The van der Waals surface area contributed by atoms with Crippen LogP contribution in [0.3, 0.4) is 0 Å². The molecule has 35 heavy (non-hydrogen) atoms. The van der Waals surface area contributed by atoms with Crippen LogP contribution in [0.4, 0.5) is 0 Å². The molecule has 0 fully saturated rings. The van der Waals surface area contributed by atoms with Crippen molar-refractivity contribution in [2.45, 2.75) is 84.9 Å². The van der Waals surface area contributed by atoms with Gasteiger partial charge >= 0.3 is 5.69 Å². The molecule has 2 N–H and O–H groups in total. The van der Waals surface area contributed by atoms with E-state index in [-0.39, 0.29) is 11.1 Å². The molecule has 2 aromatic carbocycles. The molecule has 0 radical (unpaired) electrons. The van der Waals surface area contributed by atoms with E-state index >= 15 is 0 Å². The lowest BCUT2D eigenvalue weighted by molar-refractivity contribution is -0.130. The second-order valence-corrected chi connectivity index (χ2v) is 10.5. The van der Waals surface area contributed by atoms with Gasteiger partial charge in [-0.3, -0.25) is 9.36 Å².